The molecule has 2 heterocycles. The first-order valence-corrected chi connectivity index (χ1v) is 10.8. The molecule has 4 aliphatic rings. The Kier molecular flexibility index (Phi) is 8.55. The molecule has 2 aliphatic heterocycles. The zero-order chi connectivity index (χ0) is 22.7. The minimum atomic E-state index is -1.16. The Labute approximate surface area is 215 Å². The molecule has 1 aromatic carbocycles. The maximum atomic E-state index is 12.3. The molecule has 0 aromatic heterocycles. The molecule has 2 amide bonds. The SMILES string of the molecule is CC(=O)NC1CON(OC(=O)C2OC(=O)CC2Sc2ccccc2)C1=O.[Na+].c1cc2ccc1=2. The zero-order valence-electron chi connectivity index (χ0n) is 18.1. The van der Waals surface area contributed by atoms with Crippen LogP contribution in [0.5, 0.6) is 0 Å². The molecule has 1 N–H and O–H groups in total. The van der Waals surface area contributed by atoms with E-state index in [1.54, 1.807) is 0 Å². The largest absolute Gasteiger partial charge is 1.00 e. The van der Waals surface area contributed by atoms with Crippen molar-refractivity contribution in [1.29, 1.82) is 0 Å². The van der Waals surface area contributed by atoms with Crippen LogP contribution in [0.15, 0.2) is 59.5 Å². The number of rotatable bonds is 5. The number of benzene rings is 2. The predicted octanol–water partition coefficient (Wildman–Crippen LogP) is -1.51. The molecule has 2 fully saturated rings. The van der Waals surface area contributed by atoms with Crippen molar-refractivity contribution in [2.45, 2.75) is 35.6 Å². The minimum Gasteiger partial charge on any atom is -0.449 e. The van der Waals surface area contributed by atoms with Crippen LogP contribution in [0.1, 0.15) is 13.3 Å². The van der Waals surface area contributed by atoms with Crippen LogP contribution in [-0.2, 0) is 33.6 Å². The van der Waals surface area contributed by atoms with E-state index in [9.17, 15) is 19.2 Å². The maximum Gasteiger partial charge on any atom is 1.00 e. The van der Waals surface area contributed by atoms with Crippen LogP contribution in [0.3, 0.4) is 0 Å². The van der Waals surface area contributed by atoms with Crippen LogP contribution in [0.2, 0.25) is 0 Å². The monoisotopic (exact) mass is 479 g/mol. The number of amides is 2. The summed E-state index contributed by atoms with van der Waals surface area (Å²) in [6.45, 7) is 1.10. The second kappa shape index (κ2) is 11.2. The van der Waals surface area contributed by atoms with E-state index in [1.807, 2.05) is 30.3 Å². The fourth-order valence-electron chi connectivity index (χ4n) is 3.13. The Morgan fingerprint density at radius 2 is 1.70 bits per heavy atom. The van der Waals surface area contributed by atoms with Gasteiger partial charge in [0.05, 0.1) is 11.7 Å². The van der Waals surface area contributed by atoms with E-state index in [0.29, 0.717) is 5.23 Å². The normalized spacial score (nSPS) is 21.8. The summed E-state index contributed by atoms with van der Waals surface area (Å²) >= 11 is 1.31. The fourth-order valence-corrected chi connectivity index (χ4v) is 4.31. The second-order valence-electron chi connectivity index (χ2n) is 7.22. The molecule has 33 heavy (non-hydrogen) atoms. The van der Waals surface area contributed by atoms with Gasteiger partial charge in [0.1, 0.15) is 12.6 Å². The number of thioether (sulfide) groups is 1. The van der Waals surface area contributed by atoms with Crippen molar-refractivity contribution in [1.82, 2.24) is 10.5 Å². The van der Waals surface area contributed by atoms with Crippen LogP contribution in [0.25, 0.3) is 0 Å². The molecule has 3 unspecified atom stereocenters. The van der Waals surface area contributed by atoms with Crippen molar-refractivity contribution in [3.8, 4) is 0 Å². The predicted molar refractivity (Wildman–Crippen MR) is 111 cm³/mol. The number of carbonyl (C=O) groups is 4. The summed E-state index contributed by atoms with van der Waals surface area (Å²) in [6, 6.07) is 16.8. The molecule has 0 bridgehead atoms. The number of esters is 1. The van der Waals surface area contributed by atoms with Gasteiger partial charge in [-0.3, -0.25) is 14.4 Å². The Bertz CT molecular complexity index is 1100. The van der Waals surface area contributed by atoms with Crippen LogP contribution in [0.4, 0.5) is 0 Å². The summed E-state index contributed by atoms with van der Waals surface area (Å²) < 4.78 is 5.05. The number of nitrogens with one attached hydrogen (secondary N) is 1. The summed E-state index contributed by atoms with van der Waals surface area (Å²) in [6.07, 6.45) is -1.12. The summed E-state index contributed by atoms with van der Waals surface area (Å²) in [7, 11) is 0. The third-order valence-corrected chi connectivity index (χ3v) is 6.09. The summed E-state index contributed by atoms with van der Waals surface area (Å²) in [5.41, 5.74) is 0. The smallest absolute Gasteiger partial charge is 0.449 e. The first-order valence-electron chi connectivity index (χ1n) is 9.88. The molecule has 3 atom stereocenters. The van der Waals surface area contributed by atoms with E-state index in [4.69, 9.17) is 14.4 Å². The third-order valence-electron chi connectivity index (χ3n) is 4.83. The molecule has 9 nitrogen and oxygen atoms in total. The Hall–Kier alpha value is -2.37. The van der Waals surface area contributed by atoms with Crippen molar-refractivity contribution in [2.75, 3.05) is 6.61 Å². The van der Waals surface area contributed by atoms with E-state index in [2.05, 4.69) is 29.6 Å². The number of ether oxygens (including phenoxy) is 1. The Balaban J connectivity index is 0.000000373. The number of carbonyl (C=O) groups excluding carboxylic acids is 4. The van der Waals surface area contributed by atoms with Crippen molar-refractivity contribution in [3.63, 3.8) is 0 Å². The summed E-state index contributed by atoms with van der Waals surface area (Å²) in [4.78, 5) is 57.8. The standard InChI is InChI=1S/C16H16N2O7S.C6H4.Na/c1-9(19)17-11-8-23-18(15(11)21)25-16(22)14-12(7-13(20)24-14)26-10-5-3-2-4-6-10;1-2-6-4-3-5(1)6;/h2-6,11-12,14H,7-8H2,1H3,(H,17,19);1-4H;/q;;+1. The van der Waals surface area contributed by atoms with E-state index < -0.39 is 41.1 Å². The van der Waals surface area contributed by atoms with Gasteiger partial charge in [0.25, 0.3) is 0 Å². The average molecular weight is 479 g/mol. The van der Waals surface area contributed by atoms with E-state index >= 15 is 0 Å². The first-order chi connectivity index (χ1) is 15.4. The molecule has 166 valence electrons. The molecule has 0 spiro atoms. The van der Waals surface area contributed by atoms with Crippen molar-refractivity contribution in [2.24, 2.45) is 0 Å². The molecule has 11 heteroatoms. The zero-order valence-corrected chi connectivity index (χ0v) is 20.9. The molecule has 0 radical (unpaired) electrons. The molecule has 1 aromatic rings. The third kappa shape index (κ3) is 6.15. The van der Waals surface area contributed by atoms with Gasteiger partial charge < -0.3 is 14.9 Å². The van der Waals surface area contributed by atoms with Gasteiger partial charge in [0.2, 0.25) is 12.0 Å². The fraction of sp³-hybridized carbons (Fsp3) is 0.273. The maximum absolute atomic E-state index is 12.3. The van der Waals surface area contributed by atoms with Gasteiger partial charge in [-0.1, -0.05) is 42.5 Å². The number of hydrogen-bond donors (Lipinski definition) is 1. The van der Waals surface area contributed by atoms with Crippen LogP contribution in [-0.4, -0.2) is 53.0 Å². The summed E-state index contributed by atoms with van der Waals surface area (Å²) in [5, 5.41) is 5.16. The molecule has 5 rings (SSSR count). The van der Waals surface area contributed by atoms with Gasteiger partial charge in [-0.25, -0.2) is 9.63 Å². The Morgan fingerprint density at radius 1 is 1.06 bits per heavy atom. The molecule has 2 aliphatic carbocycles. The van der Waals surface area contributed by atoms with E-state index in [-0.39, 0.29) is 42.6 Å². The van der Waals surface area contributed by atoms with Gasteiger partial charge in [0, 0.05) is 11.8 Å². The molecular weight excluding hydrogens is 459 g/mol. The van der Waals surface area contributed by atoms with E-state index in [1.165, 1.54) is 29.1 Å². The molecule has 2 saturated heterocycles. The minimum absolute atomic E-state index is 0. The molecular formula is C22H20N2NaO7S+. The van der Waals surface area contributed by atoms with E-state index in [0.717, 1.165) is 4.90 Å². The van der Waals surface area contributed by atoms with Gasteiger partial charge in [-0.05, 0) is 27.8 Å². The van der Waals surface area contributed by atoms with Crippen molar-refractivity contribution < 1.29 is 63.1 Å². The van der Waals surface area contributed by atoms with Gasteiger partial charge >= 0.3 is 47.4 Å². The van der Waals surface area contributed by atoms with Gasteiger partial charge in [-0.2, -0.15) is 0 Å². The quantitative estimate of drug-likeness (QED) is 0.348. The molecule has 0 saturated carbocycles. The Morgan fingerprint density at radius 3 is 2.24 bits per heavy atom. The topological polar surface area (TPSA) is 111 Å². The average Bonchev–Trinajstić information content (AvgIpc) is 3.28. The van der Waals surface area contributed by atoms with Crippen LogP contribution >= 0.6 is 11.8 Å². The first kappa shape index (κ1) is 25.3. The number of hydrogen-bond acceptors (Lipinski definition) is 8. The van der Waals surface area contributed by atoms with Crippen molar-refractivity contribution in [3.05, 3.63) is 65.0 Å². The van der Waals surface area contributed by atoms with Gasteiger partial charge in [0.15, 0.2) is 0 Å². The van der Waals surface area contributed by atoms with Crippen molar-refractivity contribution >= 4 is 35.5 Å². The summed E-state index contributed by atoms with van der Waals surface area (Å²) in [5.74, 6) is -2.57. The number of nitrogens with zero attached hydrogens (tertiary/aromatic N) is 1. The second-order valence-corrected chi connectivity index (χ2v) is 8.53. The van der Waals surface area contributed by atoms with Crippen LogP contribution in [0, 0.1) is 10.4 Å². The van der Waals surface area contributed by atoms with Gasteiger partial charge in [-0.15, -0.1) is 11.8 Å². The van der Waals surface area contributed by atoms with Crippen LogP contribution < -0.4 is 34.9 Å². The number of hydroxylamine groups is 2. The number of cyclic esters (lactones) is 1.